The maximum Gasteiger partial charge on any atom is 0.153 e. The van der Waals surface area contributed by atoms with E-state index < -0.39 is 0 Å². The first-order valence-corrected chi connectivity index (χ1v) is 4.65. The molecule has 0 aliphatic rings. The first kappa shape index (κ1) is 8.94. The number of pyridine rings is 1. The van der Waals surface area contributed by atoms with Gasteiger partial charge in [-0.2, -0.15) is 0 Å². The standard InChI is InChI=1S/C11H12N2O/c1-8(2)10-6-13-5-3-4-9(7-14)11(13)12-10/h3-8H,1-2H3. The predicted octanol–water partition coefficient (Wildman–Crippen LogP) is 2.27. The molecule has 0 aliphatic heterocycles. The SMILES string of the molecule is CC(C)c1cn2cccc(C=O)c2n1. The lowest BCUT2D eigenvalue weighted by atomic mass is 10.2. The summed E-state index contributed by atoms with van der Waals surface area (Å²) in [6.07, 6.45) is 4.71. The molecule has 2 aromatic heterocycles. The number of carbonyl (C=O) groups is 1. The van der Waals surface area contributed by atoms with Crippen molar-refractivity contribution < 1.29 is 4.79 Å². The number of carbonyl (C=O) groups excluding carboxylic acids is 1. The molecule has 72 valence electrons. The van der Waals surface area contributed by atoms with Crippen LogP contribution in [0.5, 0.6) is 0 Å². The molecule has 3 nitrogen and oxygen atoms in total. The van der Waals surface area contributed by atoms with Gasteiger partial charge in [0, 0.05) is 12.4 Å². The highest BCUT2D eigenvalue weighted by atomic mass is 16.1. The van der Waals surface area contributed by atoms with E-state index >= 15 is 0 Å². The molecule has 0 saturated carbocycles. The molecule has 2 heterocycles. The van der Waals surface area contributed by atoms with E-state index in [9.17, 15) is 4.79 Å². The van der Waals surface area contributed by atoms with Crippen LogP contribution in [0.1, 0.15) is 35.8 Å². The van der Waals surface area contributed by atoms with Gasteiger partial charge in [0.1, 0.15) is 5.65 Å². The van der Waals surface area contributed by atoms with Crippen molar-refractivity contribution in [3.63, 3.8) is 0 Å². The van der Waals surface area contributed by atoms with Gasteiger partial charge in [0.05, 0.1) is 11.3 Å². The molecule has 0 amide bonds. The Balaban J connectivity index is 2.70. The molecule has 0 saturated heterocycles. The summed E-state index contributed by atoms with van der Waals surface area (Å²) in [4.78, 5) is 15.2. The summed E-state index contributed by atoms with van der Waals surface area (Å²) < 4.78 is 1.89. The van der Waals surface area contributed by atoms with E-state index in [4.69, 9.17) is 0 Å². The Labute approximate surface area is 82.4 Å². The zero-order valence-corrected chi connectivity index (χ0v) is 8.27. The predicted molar refractivity (Wildman–Crippen MR) is 54.7 cm³/mol. The van der Waals surface area contributed by atoms with Gasteiger partial charge in [0.15, 0.2) is 6.29 Å². The van der Waals surface area contributed by atoms with Crippen LogP contribution in [-0.2, 0) is 0 Å². The fourth-order valence-corrected chi connectivity index (χ4v) is 1.42. The van der Waals surface area contributed by atoms with E-state index in [2.05, 4.69) is 18.8 Å². The highest BCUT2D eigenvalue weighted by molar-refractivity contribution is 5.84. The molecule has 0 spiro atoms. The summed E-state index contributed by atoms with van der Waals surface area (Å²) in [6.45, 7) is 4.17. The molecule has 0 N–H and O–H groups in total. The van der Waals surface area contributed by atoms with Gasteiger partial charge < -0.3 is 4.40 Å². The third-order valence-electron chi connectivity index (χ3n) is 2.25. The molecule has 0 radical (unpaired) electrons. The van der Waals surface area contributed by atoms with Gasteiger partial charge in [0.25, 0.3) is 0 Å². The van der Waals surface area contributed by atoms with Gasteiger partial charge >= 0.3 is 0 Å². The first-order chi connectivity index (χ1) is 6.72. The smallest absolute Gasteiger partial charge is 0.153 e. The lowest BCUT2D eigenvalue weighted by Crippen LogP contribution is -1.88. The molecule has 2 rings (SSSR count). The average molecular weight is 188 g/mol. The fraction of sp³-hybridized carbons (Fsp3) is 0.273. The lowest BCUT2D eigenvalue weighted by molar-refractivity contribution is 0.112. The fourth-order valence-electron chi connectivity index (χ4n) is 1.42. The zero-order valence-electron chi connectivity index (χ0n) is 8.27. The second kappa shape index (κ2) is 3.25. The van der Waals surface area contributed by atoms with Gasteiger partial charge in [-0.3, -0.25) is 4.79 Å². The van der Waals surface area contributed by atoms with Crippen LogP contribution in [0, 0.1) is 0 Å². The Kier molecular flexibility index (Phi) is 2.08. The number of rotatable bonds is 2. The number of aldehydes is 1. The molecule has 0 aliphatic carbocycles. The van der Waals surface area contributed by atoms with Crippen molar-refractivity contribution in [2.24, 2.45) is 0 Å². The molecule has 0 atom stereocenters. The van der Waals surface area contributed by atoms with Gasteiger partial charge in [0.2, 0.25) is 0 Å². The Hall–Kier alpha value is -1.64. The second-order valence-electron chi connectivity index (χ2n) is 3.63. The van der Waals surface area contributed by atoms with Crippen molar-refractivity contribution >= 4 is 11.9 Å². The summed E-state index contributed by atoms with van der Waals surface area (Å²) in [5, 5.41) is 0. The van der Waals surface area contributed by atoms with Crippen LogP contribution in [0.3, 0.4) is 0 Å². The maximum atomic E-state index is 10.7. The van der Waals surface area contributed by atoms with Crippen molar-refractivity contribution in [3.8, 4) is 0 Å². The number of aromatic nitrogens is 2. The Morgan fingerprint density at radius 3 is 2.93 bits per heavy atom. The van der Waals surface area contributed by atoms with Crippen molar-refractivity contribution in [1.29, 1.82) is 0 Å². The lowest BCUT2D eigenvalue weighted by Gasteiger charge is -1.94. The number of nitrogens with zero attached hydrogens (tertiary/aromatic N) is 2. The van der Waals surface area contributed by atoms with Crippen LogP contribution in [0.25, 0.3) is 5.65 Å². The normalized spacial score (nSPS) is 11.1. The summed E-state index contributed by atoms with van der Waals surface area (Å²) in [7, 11) is 0. The van der Waals surface area contributed by atoms with Gasteiger partial charge in [-0.25, -0.2) is 4.98 Å². The van der Waals surface area contributed by atoms with Crippen molar-refractivity contribution in [2.45, 2.75) is 19.8 Å². The van der Waals surface area contributed by atoms with E-state index in [-0.39, 0.29) is 0 Å². The van der Waals surface area contributed by atoms with Crippen LogP contribution in [-0.4, -0.2) is 15.7 Å². The summed E-state index contributed by atoms with van der Waals surface area (Å²) >= 11 is 0. The molecule has 3 heteroatoms. The molecule has 0 unspecified atom stereocenters. The first-order valence-electron chi connectivity index (χ1n) is 4.65. The van der Waals surface area contributed by atoms with E-state index in [1.54, 1.807) is 6.07 Å². The Morgan fingerprint density at radius 1 is 1.50 bits per heavy atom. The minimum Gasteiger partial charge on any atom is -0.306 e. The molecular weight excluding hydrogens is 176 g/mol. The largest absolute Gasteiger partial charge is 0.306 e. The van der Waals surface area contributed by atoms with Crippen LogP contribution >= 0.6 is 0 Å². The molecule has 0 aromatic carbocycles. The minimum atomic E-state index is 0.384. The number of hydrogen-bond acceptors (Lipinski definition) is 2. The van der Waals surface area contributed by atoms with Crippen LogP contribution < -0.4 is 0 Å². The van der Waals surface area contributed by atoms with Crippen molar-refractivity contribution in [1.82, 2.24) is 9.38 Å². The van der Waals surface area contributed by atoms with E-state index in [1.165, 1.54) is 0 Å². The summed E-state index contributed by atoms with van der Waals surface area (Å²) in [6, 6.07) is 3.63. The Bertz CT molecular complexity index is 471. The highest BCUT2D eigenvalue weighted by Gasteiger charge is 2.07. The molecule has 2 aromatic rings. The number of imidazole rings is 1. The average Bonchev–Trinajstić information content (AvgIpc) is 2.60. The second-order valence-corrected chi connectivity index (χ2v) is 3.63. The summed E-state index contributed by atoms with van der Waals surface area (Å²) in [5.41, 5.74) is 2.39. The molecule has 14 heavy (non-hydrogen) atoms. The van der Waals surface area contributed by atoms with Crippen molar-refractivity contribution in [2.75, 3.05) is 0 Å². The zero-order chi connectivity index (χ0) is 10.1. The van der Waals surface area contributed by atoms with Gasteiger partial charge in [-0.1, -0.05) is 13.8 Å². The number of hydrogen-bond donors (Lipinski definition) is 0. The molecular formula is C11H12N2O. The quantitative estimate of drug-likeness (QED) is 0.677. The van der Waals surface area contributed by atoms with E-state index in [1.807, 2.05) is 22.9 Å². The van der Waals surface area contributed by atoms with Gasteiger partial charge in [-0.15, -0.1) is 0 Å². The third kappa shape index (κ3) is 1.31. The molecule has 0 bridgehead atoms. The summed E-state index contributed by atoms with van der Waals surface area (Å²) in [5.74, 6) is 0.384. The van der Waals surface area contributed by atoms with E-state index in [0.29, 0.717) is 11.5 Å². The third-order valence-corrected chi connectivity index (χ3v) is 2.25. The monoisotopic (exact) mass is 188 g/mol. The number of fused-ring (bicyclic) bond motifs is 1. The Morgan fingerprint density at radius 2 is 2.29 bits per heavy atom. The highest BCUT2D eigenvalue weighted by Crippen LogP contribution is 2.15. The molecule has 0 fully saturated rings. The van der Waals surface area contributed by atoms with Crippen LogP contribution in [0.2, 0.25) is 0 Å². The van der Waals surface area contributed by atoms with Gasteiger partial charge in [-0.05, 0) is 18.1 Å². The minimum absolute atomic E-state index is 0.384. The van der Waals surface area contributed by atoms with Crippen LogP contribution in [0.4, 0.5) is 0 Å². The maximum absolute atomic E-state index is 10.7. The van der Waals surface area contributed by atoms with Crippen LogP contribution in [0.15, 0.2) is 24.5 Å². The van der Waals surface area contributed by atoms with E-state index in [0.717, 1.165) is 17.6 Å². The van der Waals surface area contributed by atoms with Crippen molar-refractivity contribution in [3.05, 3.63) is 35.8 Å². The topological polar surface area (TPSA) is 34.4 Å².